The Morgan fingerprint density at radius 3 is 2.46 bits per heavy atom. The van der Waals surface area contributed by atoms with E-state index in [2.05, 4.69) is 5.32 Å². The van der Waals surface area contributed by atoms with Crippen LogP contribution in [0.5, 0.6) is 5.75 Å². The molecule has 0 atom stereocenters. The summed E-state index contributed by atoms with van der Waals surface area (Å²) in [5.41, 5.74) is -0.0329. The Hall–Kier alpha value is -3.68. The quantitative estimate of drug-likeness (QED) is 0.631. The second-order valence-corrected chi connectivity index (χ2v) is 6.06. The molecule has 0 saturated carbocycles. The minimum Gasteiger partial charge on any atom is -0.501 e. The lowest BCUT2D eigenvalue weighted by molar-refractivity contribution is -0.119. The molecule has 0 aliphatic rings. The number of hydrogen-bond acceptors (Lipinski definition) is 6. The highest BCUT2D eigenvalue weighted by Crippen LogP contribution is 2.21. The number of furan rings is 1. The van der Waals surface area contributed by atoms with Crippen molar-refractivity contribution in [1.29, 1.82) is 0 Å². The molecule has 0 aliphatic heterocycles. The van der Waals surface area contributed by atoms with E-state index in [1.165, 1.54) is 25.1 Å². The Kier molecular flexibility index (Phi) is 5.39. The first-order valence-electron chi connectivity index (χ1n) is 8.32. The number of carbonyl (C=O) groups is 2. The van der Waals surface area contributed by atoms with Crippen molar-refractivity contribution in [3.8, 4) is 5.75 Å². The first-order chi connectivity index (χ1) is 13.3. The zero-order chi connectivity index (χ0) is 20.3. The average Bonchev–Trinajstić information content (AvgIpc) is 3.12. The number of ketones is 1. The summed E-state index contributed by atoms with van der Waals surface area (Å²) in [7, 11) is 0. The molecule has 0 aliphatic carbocycles. The second-order valence-electron chi connectivity index (χ2n) is 6.06. The molecule has 144 valence electrons. The summed E-state index contributed by atoms with van der Waals surface area (Å²) in [6.45, 7) is 1.18. The van der Waals surface area contributed by atoms with Crippen molar-refractivity contribution in [2.75, 3.05) is 0 Å². The number of rotatable bonds is 6. The number of hydrogen-bond donors (Lipinski definition) is 2. The minimum absolute atomic E-state index is 0.0134. The molecule has 1 aromatic carbocycles. The molecule has 3 aromatic rings. The number of halogens is 1. The molecule has 0 bridgehead atoms. The van der Waals surface area contributed by atoms with Crippen LogP contribution >= 0.6 is 0 Å². The summed E-state index contributed by atoms with van der Waals surface area (Å²) < 4.78 is 23.7. The van der Waals surface area contributed by atoms with Gasteiger partial charge in [0.05, 0.1) is 6.54 Å². The minimum atomic E-state index is -0.840. The first kappa shape index (κ1) is 19.1. The molecule has 0 unspecified atom stereocenters. The average molecular weight is 385 g/mol. The third kappa shape index (κ3) is 4.35. The molecule has 3 rings (SSSR count). The summed E-state index contributed by atoms with van der Waals surface area (Å²) in [4.78, 5) is 35.5. The molecular weight excluding hydrogens is 369 g/mol. The van der Waals surface area contributed by atoms with Gasteiger partial charge in [-0.3, -0.25) is 14.4 Å². The van der Waals surface area contributed by atoms with Gasteiger partial charge >= 0.3 is 0 Å². The summed E-state index contributed by atoms with van der Waals surface area (Å²) in [5.74, 6) is -2.62. The molecule has 2 aromatic heterocycles. The highest BCUT2D eigenvalue weighted by Gasteiger charge is 2.23. The van der Waals surface area contributed by atoms with E-state index < -0.39 is 22.7 Å². The molecule has 1 amide bonds. The van der Waals surface area contributed by atoms with Gasteiger partial charge in [-0.2, -0.15) is 0 Å². The molecule has 28 heavy (non-hydrogen) atoms. The lowest BCUT2D eigenvalue weighted by Gasteiger charge is -2.05. The van der Waals surface area contributed by atoms with E-state index in [0.717, 1.165) is 11.6 Å². The first-order valence-corrected chi connectivity index (χ1v) is 8.32. The second kappa shape index (κ2) is 7.91. The zero-order valence-corrected chi connectivity index (χ0v) is 14.8. The molecule has 0 radical (unpaired) electrons. The van der Waals surface area contributed by atoms with Gasteiger partial charge < -0.3 is 19.3 Å². The van der Waals surface area contributed by atoms with Crippen molar-refractivity contribution >= 4 is 11.7 Å². The van der Waals surface area contributed by atoms with Crippen LogP contribution in [0.4, 0.5) is 4.39 Å². The predicted molar refractivity (Wildman–Crippen MR) is 95.5 cm³/mol. The Labute approximate surface area is 158 Å². The Bertz CT molecular complexity index is 1080. The van der Waals surface area contributed by atoms with Crippen molar-refractivity contribution in [3.05, 3.63) is 87.1 Å². The van der Waals surface area contributed by atoms with Crippen LogP contribution in [-0.4, -0.2) is 16.8 Å². The normalized spacial score (nSPS) is 10.6. The van der Waals surface area contributed by atoms with E-state index in [0.29, 0.717) is 12.2 Å². The monoisotopic (exact) mass is 385 g/mol. The zero-order valence-electron chi connectivity index (χ0n) is 14.8. The van der Waals surface area contributed by atoms with Gasteiger partial charge in [0.25, 0.3) is 5.78 Å². The Balaban J connectivity index is 1.84. The predicted octanol–water partition coefficient (Wildman–Crippen LogP) is 2.54. The molecule has 2 N–H and O–H groups in total. The number of benzene rings is 1. The lowest BCUT2D eigenvalue weighted by Crippen LogP contribution is -2.20. The van der Waals surface area contributed by atoms with E-state index in [-0.39, 0.29) is 29.8 Å². The maximum Gasteiger partial charge on any atom is 0.267 e. The number of nitrogens with one attached hydrogen (secondary N) is 1. The van der Waals surface area contributed by atoms with Crippen LogP contribution in [0.25, 0.3) is 0 Å². The standard InChI is InChI=1S/C20H16FNO6/c1-11(23)22-10-15-9-16(24)18(25)20(28-15)19(26)17-7-6-14(27-17)8-12-2-4-13(21)5-3-12/h2-7,9,25H,8,10H2,1H3,(H,22,23). The van der Waals surface area contributed by atoms with E-state index in [4.69, 9.17) is 8.83 Å². The fraction of sp³-hybridized carbons (Fsp3) is 0.150. The van der Waals surface area contributed by atoms with E-state index >= 15 is 0 Å². The van der Waals surface area contributed by atoms with E-state index in [1.807, 2.05) is 0 Å². The van der Waals surface area contributed by atoms with Gasteiger partial charge in [-0.25, -0.2) is 4.39 Å². The fourth-order valence-electron chi connectivity index (χ4n) is 2.50. The summed E-state index contributed by atoms with van der Waals surface area (Å²) in [5, 5.41) is 12.3. The van der Waals surface area contributed by atoms with Crippen molar-refractivity contribution in [2.24, 2.45) is 0 Å². The Morgan fingerprint density at radius 1 is 1.07 bits per heavy atom. The molecule has 7 nitrogen and oxygen atoms in total. The van der Waals surface area contributed by atoms with Crippen LogP contribution in [0.15, 0.2) is 56.1 Å². The summed E-state index contributed by atoms with van der Waals surface area (Å²) >= 11 is 0. The van der Waals surface area contributed by atoms with Crippen LogP contribution in [0.1, 0.15) is 40.3 Å². The van der Waals surface area contributed by atoms with Crippen LogP contribution in [0, 0.1) is 5.82 Å². The van der Waals surface area contributed by atoms with E-state index in [1.54, 1.807) is 18.2 Å². The van der Waals surface area contributed by atoms with Crippen molar-refractivity contribution in [2.45, 2.75) is 19.9 Å². The van der Waals surface area contributed by atoms with Crippen LogP contribution in [0.3, 0.4) is 0 Å². The van der Waals surface area contributed by atoms with Crippen molar-refractivity contribution in [3.63, 3.8) is 0 Å². The van der Waals surface area contributed by atoms with Gasteiger partial charge in [0.15, 0.2) is 5.76 Å². The largest absolute Gasteiger partial charge is 0.501 e. The van der Waals surface area contributed by atoms with Crippen molar-refractivity contribution in [1.82, 2.24) is 5.32 Å². The van der Waals surface area contributed by atoms with Crippen LogP contribution in [-0.2, 0) is 17.8 Å². The van der Waals surface area contributed by atoms with E-state index in [9.17, 15) is 23.9 Å². The summed E-state index contributed by atoms with van der Waals surface area (Å²) in [6.07, 6.45) is 0.325. The van der Waals surface area contributed by atoms with Gasteiger partial charge in [-0.15, -0.1) is 0 Å². The fourth-order valence-corrected chi connectivity index (χ4v) is 2.50. The molecule has 2 heterocycles. The van der Waals surface area contributed by atoms with Gasteiger partial charge in [-0.1, -0.05) is 12.1 Å². The molecule has 0 saturated heterocycles. The highest BCUT2D eigenvalue weighted by atomic mass is 19.1. The molecular formula is C20H16FNO6. The number of amides is 1. The third-order valence-corrected chi connectivity index (χ3v) is 3.87. The lowest BCUT2D eigenvalue weighted by atomic mass is 10.1. The van der Waals surface area contributed by atoms with Gasteiger partial charge in [0, 0.05) is 19.4 Å². The van der Waals surface area contributed by atoms with Crippen molar-refractivity contribution < 1.29 is 27.9 Å². The number of carbonyl (C=O) groups excluding carboxylic acids is 2. The van der Waals surface area contributed by atoms with Crippen LogP contribution in [0.2, 0.25) is 0 Å². The highest BCUT2D eigenvalue weighted by molar-refractivity contribution is 6.06. The maximum absolute atomic E-state index is 13.0. The van der Waals surface area contributed by atoms with Crippen LogP contribution < -0.4 is 10.7 Å². The SMILES string of the molecule is CC(=O)NCc1cc(=O)c(O)c(C(=O)c2ccc(Cc3ccc(F)cc3)o2)o1. The summed E-state index contributed by atoms with van der Waals surface area (Å²) in [6, 6.07) is 9.76. The molecule has 8 heteroatoms. The van der Waals surface area contributed by atoms with Gasteiger partial charge in [-0.05, 0) is 29.8 Å². The topological polar surface area (TPSA) is 110 Å². The number of aromatic hydroxyl groups is 1. The smallest absolute Gasteiger partial charge is 0.267 e. The molecule has 0 spiro atoms. The molecule has 0 fully saturated rings. The van der Waals surface area contributed by atoms with Gasteiger partial charge in [0.1, 0.15) is 17.3 Å². The Morgan fingerprint density at radius 2 is 1.79 bits per heavy atom. The van der Waals surface area contributed by atoms with Gasteiger partial charge in [0.2, 0.25) is 22.8 Å². The third-order valence-electron chi connectivity index (χ3n) is 3.87. The maximum atomic E-state index is 13.0.